The molecule has 2 aromatic carbocycles. The molecule has 0 fully saturated rings. The third-order valence-electron chi connectivity index (χ3n) is 4.54. The van der Waals surface area contributed by atoms with Crippen molar-refractivity contribution in [3.63, 3.8) is 0 Å². The number of rotatable bonds is 4. The highest BCUT2D eigenvalue weighted by atomic mass is 19.1. The maximum atomic E-state index is 13.5. The summed E-state index contributed by atoms with van der Waals surface area (Å²) in [6.45, 7) is 3.08. The summed E-state index contributed by atoms with van der Waals surface area (Å²) in [6.07, 6.45) is 0. The van der Waals surface area contributed by atoms with Gasteiger partial charge in [-0.05, 0) is 34.9 Å². The quantitative estimate of drug-likeness (QED) is 0.794. The maximum Gasteiger partial charge on any atom is 0.158 e. The van der Waals surface area contributed by atoms with Gasteiger partial charge in [-0.1, -0.05) is 30.3 Å². The molecule has 1 N–H and O–H groups in total. The molecule has 0 saturated carbocycles. The molecule has 0 atom stereocenters. The first-order chi connectivity index (χ1) is 12.2. The van der Waals surface area contributed by atoms with E-state index < -0.39 is 0 Å². The van der Waals surface area contributed by atoms with Gasteiger partial charge in [0.1, 0.15) is 18.2 Å². The van der Waals surface area contributed by atoms with E-state index in [1.54, 1.807) is 12.1 Å². The van der Waals surface area contributed by atoms with Crippen molar-refractivity contribution in [1.82, 2.24) is 19.7 Å². The highest BCUT2D eigenvalue weighted by molar-refractivity contribution is 5.64. The van der Waals surface area contributed by atoms with Gasteiger partial charge in [-0.2, -0.15) is 0 Å². The Labute approximate surface area is 145 Å². The van der Waals surface area contributed by atoms with Crippen molar-refractivity contribution in [3.8, 4) is 11.1 Å². The summed E-state index contributed by atoms with van der Waals surface area (Å²) in [7, 11) is 0. The van der Waals surface area contributed by atoms with Crippen LogP contribution in [0.25, 0.3) is 11.1 Å². The number of nitrogens with zero attached hydrogens (tertiary/aromatic N) is 4. The molecule has 1 aliphatic heterocycles. The van der Waals surface area contributed by atoms with Crippen molar-refractivity contribution in [1.29, 1.82) is 0 Å². The fourth-order valence-corrected chi connectivity index (χ4v) is 3.30. The van der Waals surface area contributed by atoms with Gasteiger partial charge < -0.3 is 9.67 Å². The van der Waals surface area contributed by atoms with Crippen LogP contribution >= 0.6 is 0 Å². The Kier molecular flexibility index (Phi) is 4.29. The van der Waals surface area contributed by atoms with Gasteiger partial charge in [0.05, 0.1) is 6.54 Å². The summed E-state index contributed by atoms with van der Waals surface area (Å²) in [4.78, 5) is 2.30. The molecular weight excluding hydrogens is 319 g/mol. The lowest BCUT2D eigenvalue weighted by Crippen LogP contribution is -2.34. The average molecular weight is 338 g/mol. The Morgan fingerprint density at radius 3 is 2.60 bits per heavy atom. The molecule has 0 unspecified atom stereocenters. The molecule has 0 saturated heterocycles. The molecule has 0 radical (unpaired) electrons. The molecule has 6 heteroatoms. The zero-order valence-corrected chi connectivity index (χ0v) is 13.8. The van der Waals surface area contributed by atoms with E-state index in [2.05, 4.69) is 27.2 Å². The smallest absolute Gasteiger partial charge is 0.158 e. The minimum atomic E-state index is -0.224. The summed E-state index contributed by atoms with van der Waals surface area (Å²) in [6, 6.07) is 14.9. The summed E-state index contributed by atoms with van der Waals surface area (Å²) >= 11 is 0. The number of fused-ring (bicyclic) bond motifs is 1. The van der Waals surface area contributed by atoms with Crippen LogP contribution in [-0.4, -0.2) is 31.3 Å². The first-order valence-electron chi connectivity index (χ1n) is 8.32. The minimum Gasteiger partial charge on any atom is -0.388 e. The Morgan fingerprint density at radius 2 is 1.80 bits per heavy atom. The van der Waals surface area contributed by atoms with Crippen molar-refractivity contribution in [2.75, 3.05) is 6.54 Å². The van der Waals surface area contributed by atoms with Crippen LogP contribution in [0.1, 0.15) is 17.2 Å². The second-order valence-electron chi connectivity index (χ2n) is 6.26. The average Bonchev–Trinajstić information content (AvgIpc) is 3.04. The standard InChI is InChI=1S/C19H19FN4O/c20-17-6-2-5-16(10-17)15-4-1-3-14(9-15)11-23-7-8-24-18(12-23)21-22-19(24)13-25/h1-6,9-10,25H,7-8,11-13H2. The molecule has 3 aromatic rings. The molecule has 2 heterocycles. The zero-order chi connectivity index (χ0) is 17.2. The van der Waals surface area contributed by atoms with Crippen LogP contribution in [0.2, 0.25) is 0 Å². The molecule has 0 spiro atoms. The lowest BCUT2D eigenvalue weighted by atomic mass is 10.0. The second-order valence-corrected chi connectivity index (χ2v) is 6.26. The number of aromatic nitrogens is 3. The third kappa shape index (κ3) is 3.31. The summed E-state index contributed by atoms with van der Waals surface area (Å²) in [5.41, 5.74) is 3.07. The summed E-state index contributed by atoms with van der Waals surface area (Å²) in [5, 5.41) is 17.5. The Balaban J connectivity index is 1.51. The summed E-state index contributed by atoms with van der Waals surface area (Å²) in [5.74, 6) is 1.29. The lowest BCUT2D eigenvalue weighted by Gasteiger charge is -2.27. The number of halogens is 1. The largest absolute Gasteiger partial charge is 0.388 e. The van der Waals surface area contributed by atoms with E-state index in [4.69, 9.17) is 0 Å². The number of hydrogen-bond acceptors (Lipinski definition) is 4. The number of benzene rings is 2. The molecule has 1 aromatic heterocycles. The van der Waals surface area contributed by atoms with E-state index in [0.717, 1.165) is 36.6 Å². The first-order valence-corrected chi connectivity index (χ1v) is 8.32. The van der Waals surface area contributed by atoms with Crippen LogP contribution in [0, 0.1) is 5.82 Å². The van der Waals surface area contributed by atoms with Crippen molar-refractivity contribution < 1.29 is 9.50 Å². The van der Waals surface area contributed by atoms with Gasteiger partial charge in [0.15, 0.2) is 5.82 Å². The maximum absolute atomic E-state index is 13.5. The molecule has 0 bridgehead atoms. The van der Waals surface area contributed by atoms with Crippen LogP contribution in [0.5, 0.6) is 0 Å². The molecule has 0 aliphatic carbocycles. The fourth-order valence-electron chi connectivity index (χ4n) is 3.30. The van der Waals surface area contributed by atoms with Gasteiger partial charge in [0, 0.05) is 19.6 Å². The van der Waals surface area contributed by atoms with E-state index in [1.807, 2.05) is 22.8 Å². The zero-order valence-electron chi connectivity index (χ0n) is 13.8. The molecule has 0 amide bonds. The van der Waals surface area contributed by atoms with Gasteiger partial charge in [-0.15, -0.1) is 10.2 Å². The van der Waals surface area contributed by atoms with Crippen LogP contribution in [-0.2, 0) is 26.2 Å². The molecule has 128 valence electrons. The minimum absolute atomic E-state index is 0.0807. The fraction of sp³-hybridized carbons (Fsp3) is 0.263. The predicted molar refractivity (Wildman–Crippen MR) is 91.9 cm³/mol. The molecule has 25 heavy (non-hydrogen) atoms. The normalized spacial score (nSPS) is 14.5. The van der Waals surface area contributed by atoms with Gasteiger partial charge in [-0.3, -0.25) is 4.90 Å². The van der Waals surface area contributed by atoms with Gasteiger partial charge >= 0.3 is 0 Å². The van der Waals surface area contributed by atoms with Crippen molar-refractivity contribution in [2.24, 2.45) is 0 Å². The summed E-state index contributed by atoms with van der Waals surface area (Å²) < 4.78 is 15.4. The molecule has 4 rings (SSSR count). The SMILES string of the molecule is OCc1nnc2n1CCN(Cc1cccc(-c3cccc(F)c3)c1)C2. The van der Waals surface area contributed by atoms with Gasteiger partial charge in [0.2, 0.25) is 0 Å². The Hall–Kier alpha value is -2.57. The van der Waals surface area contributed by atoms with Crippen LogP contribution in [0.4, 0.5) is 4.39 Å². The van der Waals surface area contributed by atoms with Gasteiger partial charge in [0.25, 0.3) is 0 Å². The number of aliphatic hydroxyl groups is 1. The van der Waals surface area contributed by atoms with Crippen LogP contribution in [0.3, 0.4) is 0 Å². The third-order valence-corrected chi connectivity index (χ3v) is 4.54. The van der Waals surface area contributed by atoms with E-state index in [-0.39, 0.29) is 12.4 Å². The highest BCUT2D eigenvalue weighted by Crippen LogP contribution is 2.23. The first kappa shape index (κ1) is 15.9. The molecule has 5 nitrogen and oxygen atoms in total. The van der Waals surface area contributed by atoms with E-state index in [1.165, 1.54) is 11.6 Å². The van der Waals surface area contributed by atoms with Crippen molar-refractivity contribution >= 4 is 0 Å². The predicted octanol–water partition coefficient (Wildman–Crippen LogP) is 2.59. The van der Waals surface area contributed by atoms with Gasteiger partial charge in [-0.25, -0.2) is 4.39 Å². The number of aliphatic hydroxyl groups excluding tert-OH is 1. The molecule has 1 aliphatic rings. The topological polar surface area (TPSA) is 54.2 Å². The lowest BCUT2D eigenvalue weighted by molar-refractivity contribution is 0.199. The second kappa shape index (κ2) is 6.74. The van der Waals surface area contributed by atoms with E-state index in [9.17, 15) is 9.50 Å². The van der Waals surface area contributed by atoms with Crippen LogP contribution in [0.15, 0.2) is 48.5 Å². The van der Waals surface area contributed by atoms with Crippen LogP contribution < -0.4 is 0 Å². The van der Waals surface area contributed by atoms with Crippen molar-refractivity contribution in [3.05, 3.63) is 71.6 Å². The van der Waals surface area contributed by atoms with E-state index >= 15 is 0 Å². The number of hydrogen-bond donors (Lipinski definition) is 1. The Bertz CT molecular complexity index is 893. The highest BCUT2D eigenvalue weighted by Gasteiger charge is 2.20. The molecular formula is C19H19FN4O. The van der Waals surface area contributed by atoms with Crippen molar-refractivity contribution in [2.45, 2.75) is 26.2 Å². The Morgan fingerprint density at radius 1 is 1.00 bits per heavy atom. The van der Waals surface area contributed by atoms with E-state index in [0.29, 0.717) is 12.4 Å². The monoisotopic (exact) mass is 338 g/mol.